The molecular weight excluding hydrogens is 518 g/mol. The van der Waals surface area contributed by atoms with Gasteiger partial charge in [-0.3, -0.25) is 14.4 Å². The Hall–Kier alpha value is -3.14. The number of carbonyl (C=O) groups excluding carboxylic acids is 3. The number of hydrogen-bond donors (Lipinski definition) is 2. The Kier molecular flexibility index (Phi) is 15.3. The monoisotopic (exact) mass is 565 g/mol. The van der Waals surface area contributed by atoms with Gasteiger partial charge in [0.1, 0.15) is 18.2 Å². The van der Waals surface area contributed by atoms with Crippen LogP contribution in [0.3, 0.4) is 0 Å². The zero-order chi connectivity index (χ0) is 30.4. The van der Waals surface area contributed by atoms with Crippen LogP contribution in [-0.4, -0.2) is 47.4 Å². The predicted octanol–water partition coefficient (Wildman–Crippen LogP) is 5.99. The highest BCUT2D eigenvalue weighted by atomic mass is 16.7. The Balaban J connectivity index is 3.34. The molecule has 0 fully saturated rings. The van der Waals surface area contributed by atoms with Crippen LogP contribution < -0.4 is 15.2 Å². The lowest BCUT2D eigenvalue weighted by atomic mass is 9.87. The number of nitrogens with two attached hydrogens (primary N) is 1. The maximum atomic E-state index is 12.8. The number of ether oxygens (including phenoxy) is 4. The molecule has 1 aromatic carbocycles. The van der Waals surface area contributed by atoms with E-state index >= 15 is 0 Å². The second-order valence-corrected chi connectivity index (χ2v) is 10.5. The lowest BCUT2D eigenvalue weighted by molar-refractivity contribution is -0.141. The van der Waals surface area contributed by atoms with Crippen molar-refractivity contribution in [2.75, 3.05) is 0 Å². The number of carboxylic acid groups (broad SMARTS) is 1. The van der Waals surface area contributed by atoms with Crippen LogP contribution in [-0.2, 0) is 23.9 Å². The van der Waals surface area contributed by atoms with Gasteiger partial charge in [0, 0.05) is 5.92 Å². The summed E-state index contributed by atoms with van der Waals surface area (Å²) in [6.45, 7) is 12.8. The van der Waals surface area contributed by atoms with Crippen LogP contribution in [0.1, 0.15) is 105 Å². The number of esters is 2. The van der Waals surface area contributed by atoms with E-state index in [1.807, 2.05) is 20.8 Å². The third kappa shape index (κ3) is 11.5. The molecule has 10 nitrogen and oxygen atoms in total. The van der Waals surface area contributed by atoms with Gasteiger partial charge in [-0.1, -0.05) is 59.9 Å². The maximum absolute atomic E-state index is 12.8. The fourth-order valence-electron chi connectivity index (χ4n) is 4.33. The van der Waals surface area contributed by atoms with Crippen LogP contribution in [0.15, 0.2) is 18.2 Å². The molecule has 226 valence electrons. The van der Waals surface area contributed by atoms with E-state index in [-0.39, 0.29) is 29.9 Å². The van der Waals surface area contributed by atoms with Crippen LogP contribution in [0.4, 0.5) is 4.79 Å². The van der Waals surface area contributed by atoms with Gasteiger partial charge in [0.25, 0.3) is 0 Å². The van der Waals surface area contributed by atoms with E-state index in [2.05, 4.69) is 0 Å². The summed E-state index contributed by atoms with van der Waals surface area (Å²) in [5, 5.41) is 9.71. The van der Waals surface area contributed by atoms with Crippen molar-refractivity contribution in [3.05, 3.63) is 23.8 Å². The summed E-state index contributed by atoms with van der Waals surface area (Å²) in [6, 6.07) is 3.14. The Morgan fingerprint density at radius 3 is 1.77 bits per heavy atom. The molecule has 0 aliphatic heterocycles. The largest absolute Gasteiger partial charge is 0.508 e. The van der Waals surface area contributed by atoms with E-state index in [4.69, 9.17) is 24.7 Å². The molecule has 0 aromatic heterocycles. The van der Waals surface area contributed by atoms with E-state index in [0.717, 1.165) is 19.3 Å². The molecule has 0 aliphatic rings. The van der Waals surface area contributed by atoms with Crippen molar-refractivity contribution < 1.29 is 43.2 Å². The summed E-state index contributed by atoms with van der Waals surface area (Å²) in [5.74, 6) is -3.78. The number of carboxylic acids is 1. The van der Waals surface area contributed by atoms with Gasteiger partial charge in [-0.25, -0.2) is 4.79 Å². The molecule has 0 aliphatic carbocycles. The molecule has 10 heteroatoms. The van der Waals surface area contributed by atoms with E-state index in [9.17, 15) is 24.3 Å². The number of aliphatic carboxylic acids is 1. The minimum Gasteiger partial charge on any atom is -0.480 e. The normalized spacial score (nSPS) is 15.6. The summed E-state index contributed by atoms with van der Waals surface area (Å²) in [6.07, 6.45) is 2.49. The molecule has 6 atom stereocenters. The lowest BCUT2D eigenvalue weighted by Crippen LogP contribution is -2.38. The first-order valence-electron chi connectivity index (χ1n) is 14.3. The van der Waals surface area contributed by atoms with Gasteiger partial charge in [0.15, 0.2) is 11.5 Å². The molecular formula is C30H47NO9. The first-order valence-corrected chi connectivity index (χ1v) is 14.3. The molecule has 3 N–H and O–H groups in total. The van der Waals surface area contributed by atoms with Crippen molar-refractivity contribution in [2.45, 2.75) is 118 Å². The van der Waals surface area contributed by atoms with Crippen molar-refractivity contribution in [3.63, 3.8) is 0 Å². The van der Waals surface area contributed by atoms with Gasteiger partial charge in [0.2, 0.25) is 0 Å². The highest BCUT2D eigenvalue weighted by Crippen LogP contribution is 2.35. The number of carbonyl (C=O) groups is 4. The van der Waals surface area contributed by atoms with Crippen molar-refractivity contribution in [1.29, 1.82) is 0 Å². The van der Waals surface area contributed by atoms with Crippen LogP contribution in [0, 0.1) is 11.8 Å². The fourth-order valence-corrected chi connectivity index (χ4v) is 4.33. The van der Waals surface area contributed by atoms with Gasteiger partial charge in [-0.2, -0.15) is 0 Å². The first kappa shape index (κ1) is 34.9. The van der Waals surface area contributed by atoms with Crippen LogP contribution in [0.5, 0.6) is 11.5 Å². The zero-order valence-corrected chi connectivity index (χ0v) is 24.9. The van der Waals surface area contributed by atoms with Crippen LogP contribution >= 0.6 is 0 Å². The third-order valence-electron chi connectivity index (χ3n) is 6.66. The average Bonchev–Trinajstić information content (AvgIpc) is 2.87. The van der Waals surface area contributed by atoms with Gasteiger partial charge >= 0.3 is 24.1 Å². The van der Waals surface area contributed by atoms with Gasteiger partial charge in [0.05, 0.1) is 11.8 Å². The van der Waals surface area contributed by atoms with Crippen molar-refractivity contribution >= 4 is 24.1 Å². The summed E-state index contributed by atoms with van der Waals surface area (Å²) < 4.78 is 21.8. The van der Waals surface area contributed by atoms with Crippen molar-refractivity contribution in [1.82, 2.24) is 0 Å². The zero-order valence-electron chi connectivity index (χ0n) is 24.9. The fraction of sp³-hybridized carbons (Fsp3) is 0.667. The quantitative estimate of drug-likeness (QED) is 0.170. The molecule has 0 saturated carbocycles. The molecule has 1 rings (SSSR count). The molecule has 5 unspecified atom stereocenters. The standard InChI is InChI=1S/C30H47NO9/c1-8-11-18(4)28(34)39-24-15-14-22(17-25(24)40-29(35)19(5)12-9-2)23(26(31)27(32)33)16-21(7)38-30(36)37-20(6)13-10-3/h14-15,17-21,23,26H,8-13,16,31H2,1-7H3,(H,32,33)/t18?,19?,20?,21?,23?,26-/m0/s1. The Labute approximate surface area is 237 Å². The second kappa shape index (κ2) is 17.5. The van der Waals surface area contributed by atoms with Crippen LogP contribution in [0.2, 0.25) is 0 Å². The van der Waals surface area contributed by atoms with Gasteiger partial charge in [-0.15, -0.1) is 0 Å². The minimum atomic E-state index is -1.36. The number of hydrogen-bond acceptors (Lipinski definition) is 9. The SMILES string of the molecule is CCCC(C)OC(=O)OC(C)CC(c1ccc(OC(=O)C(C)CCC)c(OC(=O)C(C)CCC)c1)[C@H](N)C(=O)O. The Bertz CT molecular complexity index is 980. The summed E-state index contributed by atoms with van der Waals surface area (Å²) in [7, 11) is 0. The van der Waals surface area contributed by atoms with Gasteiger partial charge in [-0.05, 0) is 57.2 Å². The van der Waals surface area contributed by atoms with Gasteiger partial charge < -0.3 is 29.8 Å². The average molecular weight is 566 g/mol. The summed E-state index contributed by atoms with van der Waals surface area (Å²) >= 11 is 0. The van der Waals surface area contributed by atoms with E-state index in [0.29, 0.717) is 24.8 Å². The third-order valence-corrected chi connectivity index (χ3v) is 6.66. The molecule has 0 bridgehead atoms. The second-order valence-electron chi connectivity index (χ2n) is 10.5. The lowest BCUT2D eigenvalue weighted by Gasteiger charge is -2.26. The highest BCUT2D eigenvalue weighted by molar-refractivity contribution is 5.79. The molecule has 40 heavy (non-hydrogen) atoms. The van der Waals surface area contributed by atoms with E-state index in [1.54, 1.807) is 33.8 Å². The van der Waals surface area contributed by atoms with E-state index in [1.165, 1.54) is 12.1 Å². The molecule has 0 radical (unpaired) electrons. The summed E-state index contributed by atoms with van der Waals surface area (Å²) in [5.41, 5.74) is 6.48. The maximum Gasteiger partial charge on any atom is 0.508 e. The molecule has 0 saturated heterocycles. The summed E-state index contributed by atoms with van der Waals surface area (Å²) in [4.78, 5) is 49.5. The predicted molar refractivity (Wildman–Crippen MR) is 150 cm³/mol. The first-order chi connectivity index (χ1) is 18.8. The topological polar surface area (TPSA) is 151 Å². The number of benzene rings is 1. The van der Waals surface area contributed by atoms with Crippen molar-refractivity contribution in [3.8, 4) is 11.5 Å². The highest BCUT2D eigenvalue weighted by Gasteiger charge is 2.31. The smallest absolute Gasteiger partial charge is 0.480 e. The molecule has 0 heterocycles. The molecule has 0 amide bonds. The van der Waals surface area contributed by atoms with Crippen molar-refractivity contribution in [2.24, 2.45) is 17.6 Å². The minimum absolute atomic E-state index is 0.00791. The molecule has 1 aromatic rings. The Morgan fingerprint density at radius 2 is 1.27 bits per heavy atom. The molecule has 0 spiro atoms. The van der Waals surface area contributed by atoms with Crippen LogP contribution in [0.25, 0.3) is 0 Å². The number of rotatable bonds is 17. The van der Waals surface area contributed by atoms with E-state index < -0.39 is 48.0 Å². The Morgan fingerprint density at radius 1 is 0.775 bits per heavy atom.